The van der Waals surface area contributed by atoms with Crippen LogP contribution in [0.2, 0.25) is 8.67 Å². The van der Waals surface area contributed by atoms with Crippen LogP contribution in [-0.4, -0.2) is 22.7 Å². The number of nitrogens with one attached hydrogen (secondary N) is 1. The van der Waals surface area contributed by atoms with Gasteiger partial charge in [-0.25, -0.2) is 4.98 Å². The Hall–Kier alpha value is -2.26. The average molecular weight is 452 g/mol. The van der Waals surface area contributed by atoms with E-state index < -0.39 is 0 Å². The number of amides is 3. The molecule has 0 atom stereocenters. The van der Waals surface area contributed by atoms with Crippen LogP contribution in [0.4, 0.5) is 10.8 Å². The van der Waals surface area contributed by atoms with Gasteiger partial charge in [-0.05, 0) is 30.3 Å². The number of anilines is 2. The molecule has 1 saturated heterocycles. The van der Waals surface area contributed by atoms with Crippen LogP contribution in [0.1, 0.15) is 23.2 Å². The lowest BCUT2D eigenvalue weighted by atomic mass is 10.2. The van der Waals surface area contributed by atoms with Gasteiger partial charge in [0.05, 0.1) is 15.7 Å². The minimum absolute atomic E-state index is 0.215. The summed E-state index contributed by atoms with van der Waals surface area (Å²) in [7, 11) is 0. The Morgan fingerprint density at radius 1 is 1.11 bits per heavy atom. The van der Waals surface area contributed by atoms with Crippen LogP contribution >= 0.6 is 45.9 Å². The predicted molar refractivity (Wildman–Crippen MR) is 112 cm³/mol. The molecule has 10 heteroatoms. The van der Waals surface area contributed by atoms with Gasteiger partial charge in [-0.1, -0.05) is 23.2 Å². The van der Waals surface area contributed by atoms with Crippen molar-refractivity contribution in [2.75, 3.05) is 10.2 Å². The molecule has 2 aromatic heterocycles. The van der Waals surface area contributed by atoms with Gasteiger partial charge in [0.15, 0.2) is 5.13 Å². The average Bonchev–Trinajstić information content (AvgIpc) is 3.34. The highest BCUT2D eigenvalue weighted by Gasteiger charge is 2.30. The van der Waals surface area contributed by atoms with Crippen molar-refractivity contribution in [1.29, 1.82) is 0 Å². The highest BCUT2D eigenvalue weighted by Crippen LogP contribution is 2.39. The second kappa shape index (κ2) is 7.63. The molecule has 1 aromatic carbocycles. The molecule has 0 bridgehead atoms. The number of imide groups is 1. The van der Waals surface area contributed by atoms with Crippen LogP contribution in [-0.2, 0) is 9.59 Å². The lowest BCUT2D eigenvalue weighted by Crippen LogP contribution is -2.28. The molecule has 0 radical (unpaired) electrons. The van der Waals surface area contributed by atoms with Gasteiger partial charge in [-0.3, -0.25) is 24.6 Å². The van der Waals surface area contributed by atoms with Crippen molar-refractivity contribution in [2.45, 2.75) is 12.8 Å². The zero-order valence-corrected chi connectivity index (χ0v) is 17.2. The van der Waals surface area contributed by atoms with Crippen LogP contribution in [0.3, 0.4) is 0 Å². The second-order valence-electron chi connectivity index (χ2n) is 5.90. The molecule has 28 heavy (non-hydrogen) atoms. The second-order valence-corrected chi connectivity index (χ2v) is 9.04. The number of thiophene rings is 1. The fraction of sp³-hybridized carbons (Fsp3) is 0.111. The molecule has 3 amide bonds. The predicted octanol–water partition coefficient (Wildman–Crippen LogP) is 5.08. The molecule has 1 aliphatic rings. The van der Waals surface area contributed by atoms with Crippen molar-refractivity contribution < 1.29 is 14.4 Å². The van der Waals surface area contributed by atoms with Gasteiger partial charge in [0.2, 0.25) is 11.8 Å². The molecular weight excluding hydrogens is 441 g/mol. The van der Waals surface area contributed by atoms with E-state index >= 15 is 0 Å². The number of hydrogen-bond donors (Lipinski definition) is 1. The Morgan fingerprint density at radius 2 is 1.79 bits per heavy atom. The summed E-state index contributed by atoms with van der Waals surface area (Å²) in [6.45, 7) is 0. The quantitative estimate of drug-likeness (QED) is 0.560. The van der Waals surface area contributed by atoms with E-state index in [4.69, 9.17) is 23.2 Å². The SMILES string of the molecule is O=C(Nc1nc(-c2cc(Cl)sc2Cl)cs1)c1ccc(N2C(=O)CCC2=O)cc1. The number of thiazole rings is 1. The summed E-state index contributed by atoms with van der Waals surface area (Å²) >= 11 is 14.6. The van der Waals surface area contributed by atoms with E-state index in [0.29, 0.717) is 30.7 Å². The Bertz CT molecular complexity index is 1080. The van der Waals surface area contributed by atoms with E-state index in [1.54, 1.807) is 35.7 Å². The third-order valence-electron chi connectivity index (χ3n) is 4.10. The van der Waals surface area contributed by atoms with Crippen molar-refractivity contribution in [2.24, 2.45) is 0 Å². The minimum atomic E-state index is -0.346. The summed E-state index contributed by atoms with van der Waals surface area (Å²) in [4.78, 5) is 41.6. The molecule has 3 aromatic rings. The van der Waals surface area contributed by atoms with E-state index in [1.165, 1.54) is 22.7 Å². The highest BCUT2D eigenvalue weighted by atomic mass is 35.5. The minimum Gasteiger partial charge on any atom is -0.298 e. The lowest BCUT2D eigenvalue weighted by Gasteiger charge is -2.13. The summed E-state index contributed by atoms with van der Waals surface area (Å²) in [6, 6.07) is 8.02. The fourth-order valence-corrected chi connectivity index (χ4v) is 4.95. The standard InChI is InChI=1S/C18H11Cl2N3O3S2/c19-13-7-11(16(20)28-13)12-8-27-18(21-12)22-17(26)9-1-3-10(4-2-9)23-14(24)5-6-15(23)25/h1-4,7-8H,5-6H2,(H,21,22,26). The molecular formula is C18H11Cl2N3O3S2. The summed E-state index contributed by atoms with van der Waals surface area (Å²) in [5, 5.41) is 4.94. The normalized spacial score (nSPS) is 14.0. The number of carbonyl (C=O) groups excluding carboxylic acids is 3. The molecule has 3 heterocycles. The molecule has 0 spiro atoms. The fourth-order valence-electron chi connectivity index (χ4n) is 2.77. The van der Waals surface area contributed by atoms with Gasteiger partial charge < -0.3 is 0 Å². The summed E-state index contributed by atoms with van der Waals surface area (Å²) in [5.41, 5.74) is 2.20. The number of nitrogens with zero attached hydrogens (tertiary/aromatic N) is 2. The maximum absolute atomic E-state index is 12.5. The lowest BCUT2D eigenvalue weighted by molar-refractivity contribution is -0.121. The molecule has 4 rings (SSSR count). The molecule has 0 aliphatic carbocycles. The van der Waals surface area contributed by atoms with Crippen LogP contribution in [0.5, 0.6) is 0 Å². The zero-order valence-electron chi connectivity index (χ0n) is 14.1. The first-order valence-electron chi connectivity index (χ1n) is 8.10. The number of carbonyl (C=O) groups is 3. The highest BCUT2D eigenvalue weighted by molar-refractivity contribution is 7.20. The molecule has 6 nitrogen and oxygen atoms in total. The van der Waals surface area contributed by atoms with Gasteiger partial charge in [0, 0.05) is 29.3 Å². The van der Waals surface area contributed by atoms with Crippen molar-refractivity contribution in [3.8, 4) is 11.3 Å². The van der Waals surface area contributed by atoms with E-state index in [1.807, 2.05) is 0 Å². The topological polar surface area (TPSA) is 79.4 Å². The van der Waals surface area contributed by atoms with Crippen LogP contribution in [0, 0.1) is 0 Å². The van der Waals surface area contributed by atoms with Crippen molar-refractivity contribution >= 4 is 74.4 Å². The Morgan fingerprint density at radius 3 is 2.39 bits per heavy atom. The molecule has 1 fully saturated rings. The van der Waals surface area contributed by atoms with Gasteiger partial charge >= 0.3 is 0 Å². The van der Waals surface area contributed by atoms with Gasteiger partial charge in [-0.15, -0.1) is 22.7 Å². The first kappa shape index (κ1) is 19.1. The number of hydrogen-bond acceptors (Lipinski definition) is 6. The Kier molecular flexibility index (Phi) is 5.20. The first-order chi connectivity index (χ1) is 13.4. The summed E-state index contributed by atoms with van der Waals surface area (Å²) in [5.74, 6) is -0.810. The van der Waals surface area contributed by atoms with Gasteiger partial charge in [0.1, 0.15) is 4.34 Å². The monoisotopic (exact) mass is 451 g/mol. The number of aromatic nitrogens is 1. The smallest absolute Gasteiger partial charge is 0.257 e. The van der Waals surface area contributed by atoms with Crippen LogP contribution in [0.15, 0.2) is 35.7 Å². The van der Waals surface area contributed by atoms with Crippen molar-refractivity contribution in [3.63, 3.8) is 0 Å². The Balaban J connectivity index is 1.48. The third kappa shape index (κ3) is 3.68. The third-order valence-corrected chi connectivity index (χ3v) is 6.34. The maximum atomic E-state index is 12.5. The molecule has 1 aliphatic heterocycles. The van der Waals surface area contributed by atoms with E-state index in [2.05, 4.69) is 10.3 Å². The number of halogens is 2. The van der Waals surface area contributed by atoms with Crippen LogP contribution < -0.4 is 10.2 Å². The number of rotatable bonds is 4. The summed E-state index contributed by atoms with van der Waals surface area (Å²) in [6.07, 6.45) is 0.430. The zero-order chi connectivity index (χ0) is 19.8. The van der Waals surface area contributed by atoms with E-state index in [-0.39, 0.29) is 30.6 Å². The van der Waals surface area contributed by atoms with Crippen molar-refractivity contribution in [3.05, 3.63) is 49.9 Å². The van der Waals surface area contributed by atoms with Crippen LogP contribution in [0.25, 0.3) is 11.3 Å². The molecule has 0 unspecified atom stereocenters. The maximum Gasteiger partial charge on any atom is 0.257 e. The largest absolute Gasteiger partial charge is 0.298 e. The Labute approximate surface area is 177 Å². The van der Waals surface area contributed by atoms with E-state index in [9.17, 15) is 14.4 Å². The molecule has 1 N–H and O–H groups in total. The summed E-state index contributed by atoms with van der Waals surface area (Å²) < 4.78 is 1.10. The first-order valence-corrected chi connectivity index (χ1v) is 10.6. The van der Waals surface area contributed by atoms with E-state index in [0.717, 1.165) is 10.5 Å². The van der Waals surface area contributed by atoms with Gasteiger partial charge in [0.25, 0.3) is 5.91 Å². The molecule has 0 saturated carbocycles. The molecule has 142 valence electrons. The number of benzene rings is 1. The van der Waals surface area contributed by atoms with Gasteiger partial charge in [-0.2, -0.15) is 0 Å². The van der Waals surface area contributed by atoms with Crippen molar-refractivity contribution in [1.82, 2.24) is 4.98 Å².